The molecule has 2 fully saturated rings. The lowest BCUT2D eigenvalue weighted by Gasteiger charge is -2.04. The molecule has 2 atom stereocenters. The van der Waals surface area contributed by atoms with Crippen LogP contribution in [0.5, 0.6) is 0 Å². The lowest BCUT2D eigenvalue weighted by atomic mass is 10.0. The second-order valence-corrected chi connectivity index (χ2v) is 6.77. The van der Waals surface area contributed by atoms with Gasteiger partial charge in [-0.1, -0.05) is 42.7 Å². The zero-order chi connectivity index (χ0) is 14.6. The van der Waals surface area contributed by atoms with Crippen LogP contribution in [0, 0.1) is 18.8 Å². The normalized spacial score (nSPS) is 27.4. The van der Waals surface area contributed by atoms with Crippen molar-refractivity contribution in [2.24, 2.45) is 18.9 Å². The number of aromatic nitrogens is 2. The van der Waals surface area contributed by atoms with Crippen molar-refractivity contribution < 1.29 is 0 Å². The summed E-state index contributed by atoms with van der Waals surface area (Å²) in [7, 11) is 1.96. The van der Waals surface area contributed by atoms with E-state index in [1.54, 1.807) is 0 Å². The van der Waals surface area contributed by atoms with Crippen LogP contribution >= 0.6 is 0 Å². The third-order valence-corrected chi connectivity index (χ3v) is 5.43. The Morgan fingerprint density at radius 3 is 2.33 bits per heavy atom. The molecule has 0 aliphatic heterocycles. The molecule has 2 unspecified atom stereocenters. The fourth-order valence-electron chi connectivity index (χ4n) is 4.21. The van der Waals surface area contributed by atoms with E-state index in [1.165, 1.54) is 48.1 Å². The van der Waals surface area contributed by atoms with Gasteiger partial charge >= 0.3 is 0 Å². The molecule has 3 heteroatoms. The summed E-state index contributed by atoms with van der Waals surface area (Å²) in [5.74, 6) is 3.17. The van der Waals surface area contributed by atoms with Crippen molar-refractivity contribution in [2.75, 3.05) is 5.73 Å². The van der Waals surface area contributed by atoms with Crippen molar-refractivity contribution in [3.05, 3.63) is 35.5 Å². The van der Waals surface area contributed by atoms with Crippen molar-refractivity contribution in [1.82, 2.24) is 9.78 Å². The number of aryl methyl sites for hydroxylation is 2. The van der Waals surface area contributed by atoms with Crippen molar-refractivity contribution >= 4 is 5.82 Å². The number of rotatable bonds is 2. The Bertz CT molecular complexity index is 657. The summed E-state index contributed by atoms with van der Waals surface area (Å²) in [6.45, 7) is 2.12. The highest BCUT2D eigenvalue weighted by Crippen LogP contribution is 2.62. The molecule has 2 saturated carbocycles. The Kier molecular flexibility index (Phi) is 2.84. The first-order chi connectivity index (χ1) is 10.2. The Morgan fingerprint density at radius 2 is 1.71 bits per heavy atom. The van der Waals surface area contributed by atoms with Crippen molar-refractivity contribution in [3.8, 4) is 11.1 Å². The molecule has 0 amide bonds. The second kappa shape index (κ2) is 4.62. The minimum atomic E-state index is 0.646. The Labute approximate surface area is 126 Å². The maximum absolute atomic E-state index is 6.33. The summed E-state index contributed by atoms with van der Waals surface area (Å²) in [6, 6.07) is 8.67. The molecular weight excluding hydrogens is 258 g/mol. The van der Waals surface area contributed by atoms with Gasteiger partial charge in [-0.3, -0.25) is 4.68 Å². The number of benzene rings is 1. The van der Waals surface area contributed by atoms with Gasteiger partial charge in [0.15, 0.2) is 0 Å². The first-order valence-corrected chi connectivity index (χ1v) is 8.06. The minimum absolute atomic E-state index is 0.646. The quantitative estimate of drug-likeness (QED) is 0.907. The highest BCUT2D eigenvalue weighted by molar-refractivity contribution is 5.77. The molecule has 0 saturated heterocycles. The molecular formula is C18H23N3. The summed E-state index contributed by atoms with van der Waals surface area (Å²) < 4.78 is 1.86. The molecule has 21 heavy (non-hydrogen) atoms. The van der Waals surface area contributed by atoms with Crippen LogP contribution in [0.3, 0.4) is 0 Å². The maximum atomic E-state index is 6.33. The summed E-state index contributed by atoms with van der Waals surface area (Å²) in [5.41, 5.74) is 11.2. The largest absolute Gasteiger partial charge is 0.383 e. The fourth-order valence-corrected chi connectivity index (χ4v) is 4.21. The molecule has 0 bridgehead atoms. The molecule has 1 aromatic heterocycles. The van der Waals surface area contributed by atoms with Crippen LogP contribution in [0.25, 0.3) is 11.1 Å². The molecule has 1 aromatic carbocycles. The van der Waals surface area contributed by atoms with Crippen LogP contribution in [-0.4, -0.2) is 9.78 Å². The van der Waals surface area contributed by atoms with Gasteiger partial charge in [0.1, 0.15) is 5.82 Å². The Balaban J connectivity index is 1.78. The standard InChI is InChI=1S/C18H23N3/c1-11-7-9-12(10-8-11)15-17(20-21(2)18(15)19)16-13-5-3-4-6-14(13)16/h7-10,13-14,16H,3-6,19H2,1-2H3. The highest BCUT2D eigenvalue weighted by Gasteiger charge is 2.53. The van der Waals surface area contributed by atoms with Gasteiger partial charge in [-0.2, -0.15) is 5.10 Å². The molecule has 2 aliphatic rings. The second-order valence-electron chi connectivity index (χ2n) is 6.77. The first kappa shape index (κ1) is 12.9. The van der Waals surface area contributed by atoms with Crippen LogP contribution in [0.15, 0.2) is 24.3 Å². The molecule has 2 aliphatic carbocycles. The zero-order valence-corrected chi connectivity index (χ0v) is 12.8. The third kappa shape index (κ3) is 1.98. The topological polar surface area (TPSA) is 43.8 Å². The van der Waals surface area contributed by atoms with E-state index in [0.29, 0.717) is 5.92 Å². The summed E-state index contributed by atoms with van der Waals surface area (Å²) in [4.78, 5) is 0. The van der Waals surface area contributed by atoms with E-state index < -0.39 is 0 Å². The molecule has 0 radical (unpaired) electrons. The number of hydrogen-bond acceptors (Lipinski definition) is 2. The van der Waals surface area contributed by atoms with E-state index >= 15 is 0 Å². The molecule has 2 aromatic rings. The molecule has 0 spiro atoms. The van der Waals surface area contributed by atoms with Gasteiger partial charge in [0.05, 0.1) is 5.69 Å². The molecule has 1 heterocycles. The summed E-state index contributed by atoms with van der Waals surface area (Å²) in [5, 5.41) is 4.79. The van der Waals surface area contributed by atoms with Crippen LogP contribution in [0.2, 0.25) is 0 Å². The number of nitrogen functional groups attached to an aromatic ring is 1. The van der Waals surface area contributed by atoms with Crippen molar-refractivity contribution in [3.63, 3.8) is 0 Å². The number of nitrogens with zero attached hydrogens (tertiary/aromatic N) is 2. The average molecular weight is 281 g/mol. The van der Waals surface area contributed by atoms with E-state index in [0.717, 1.165) is 17.7 Å². The van der Waals surface area contributed by atoms with E-state index in [-0.39, 0.29) is 0 Å². The number of nitrogens with two attached hydrogens (primary N) is 1. The van der Waals surface area contributed by atoms with Gasteiger partial charge in [0, 0.05) is 18.5 Å². The average Bonchev–Trinajstić information content (AvgIpc) is 3.15. The van der Waals surface area contributed by atoms with Crippen LogP contribution < -0.4 is 5.73 Å². The molecule has 2 N–H and O–H groups in total. The van der Waals surface area contributed by atoms with Gasteiger partial charge in [0.2, 0.25) is 0 Å². The van der Waals surface area contributed by atoms with Gasteiger partial charge in [-0.05, 0) is 37.2 Å². The molecule has 3 nitrogen and oxygen atoms in total. The fraction of sp³-hybridized carbons (Fsp3) is 0.500. The van der Waals surface area contributed by atoms with Crippen molar-refractivity contribution in [1.29, 1.82) is 0 Å². The van der Waals surface area contributed by atoms with Gasteiger partial charge in [0.25, 0.3) is 0 Å². The van der Waals surface area contributed by atoms with E-state index in [1.807, 2.05) is 11.7 Å². The molecule has 110 valence electrons. The summed E-state index contributed by atoms with van der Waals surface area (Å²) >= 11 is 0. The van der Waals surface area contributed by atoms with Gasteiger partial charge < -0.3 is 5.73 Å². The lowest BCUT2D eigenvalue weighted by molar-refractivity contribution is 0.480. The predicted octanol–water partition coefficient (Wildman–Crippen LogP) is 3.88. The highest BCUT2D eigenvalue weighted by atomic mass is 15.3. The third-order valence-electron chi connectivity index (χ3n) is 5.43. The number of hydrogen-bond donors (Lipinski definition) is 1. The van der Waals surface area contributed by atoms with Crippen LogP contribution in [-0.2, 0) is 7.05 Å². The Morgan fingerprint density at radius 1 is 1.10 bits per heavy atom. The van der Waals surface area contributed by atoms with Gasteiger partial charge in [-0.15, -0.1) is 0 Å². The number of fused-ring (bicyclic) bond motifs is 1. The van der Waals surface area contributed by atoms with Crippen molar-refractivity contribution in [2.45, 2.75) is 38.5 Å². The zero-order valence-electron chi connectivity index (χ0n) is 12.8. The molecule has 4 rings (SSSR count). The van der Waals surface area contributed by atoms with E-state index in [9.17, 15) is 0 Å². The lowest BCUT2D eigenvalue weighted by Crippen LogP contribution is -1.98. The Hall–Kier alpha value is -1.77. The SMILES string of the molecule is Cc1ccc(-c2c(C3C4CCCCC43)nn(C)c2N)cc1. The smallest absolute Gasteiger partial charge is 0.129 e. The van der Waals surface area contributed by atoms with Gasteiger partial charge in [-0.25, -0.2) is 0 Å². The maximum Gasteiger partial charge on any atom is 0.129 e. The van der Waals surface area contributed by atoms with E-state index in [4.69, 9.17) is 10.8 Å². The minimum Gasteiger partial charge on any atom is -0.383 e. The summed E-state index contributed by atoms with van der Waals surface area (Å²) in [6.07, 6.45) is 5.53. The van der Waals surface area contributed by atoms with E-state index in [2.05, 4.69) is 31.2 Å². The first-order valence-electron chi connectivity index (χ1n) is 8.06. The van der Waals surface area contributed by atoms with Crippen LogP contribution in [0.1, 0.15) is 42.9 Å². The van der Waals surface area contributed by atoms with Crippen LogP contribution in [0.4, 0.5) is 5.82 Å². The number of anilines is 1. The monoisotopic (exact) mass is 281 g/mol. The predicted molar refractivity (Wildman–Crippen MR) is 86.0 cm³/mol.